The minimum atomic E-state index is 0.728. The molecule has 1 nitrogen and oxygen atoms in total. The average molecular weight is 354 g/mol. The minimum absolute atomic E-state index is 0.728. The molecule has 120 valence electrons. The molecule has 2 heteroatoms. The molecule has 1 aromatic carbocycles. The van der Waals surface area contributed by atoms with Crippen LogP contribution >= 0.6 is 15.9 Å². The van der Waals surface area contributed by atoms with E-state index in [0.717, 1.165) is 30.8 Å². The molecule has 0 spiro atoms. The van der Waals surface area contributed by atoms with Crippen molar-refractivity contribution in [3.05, 3.63) is 34.3 Å². The molecule has 0 heterocycles. The Labute approximate surface area is 140 Å². The quantitative estimate of drug-likeness (QED) is 0.570. The number of benzene rings is 1. The summed E-state index contributed by atoms with van der Waals surface area (Å²) < 4.78 is 1.17. The fourth-order valence-electron chi connectivity index (χ4n) is 2.86. The lowest BCUT2D eigenvalue weighted by Gasteiger charge is -2.23. The van der Waals surface area contributed by atoms with Gasteiger partial charge in [0, 0.05) is 4.47 Å². The van der Waals surface area contributed by atoms with Gasteiger partial charge in [0.2, 0.25) is 0 Å². The van der Waals surface area contributed by atoms with Crippen LogP contribution in [0.4, 0.5) is 0 Å². The highest BCUT2D eigenvalue weighted by atomic mass is 79.9. The fourth-order valence-corrected chi connectivity index (χ4v) is 3.13. The average Bonchev–Trinajstić information content (AvgIpc) is 2.46. The van der Waals surface area contributed by atoms with Gasteiger partial charge >= 0.3 is 0 Å². The van der Waals surface area contributed by atoms with Crippen molar-refractivity contribution in [2.75, 3.05) is 13.1 Å². The van der Waals surface area contributed by atoms with Crippen LogP contribution in [0.2, 0.25) is 0 Å². The smallest absolute Gasteiger partial charge is 0.0175 e. The van der Waals surface area contributed by atoms with Gasteiger partial charge in [0.15, 0.2) is 0 Å². The van der Waals surface area contributed by atoms with E-state index in [2.05, 4.69) is 73.2 Å². The molecule has 0 aliphatic heterocycles. The van der Waals surface area contributed by atoms with Crippen LogP contribution in [0, 0.1) is 17.8 Å². The van der Waals surface area contributed by atoms with E-state index < -0.39 is 0 Å². The van der Waals surface area contributed by atoms with Gasteiger partial charge in [-0.2, -0.15) is 0 Å². The first kappa shape index (κ1) is 18.7. The molecule has 0 radical (unpaired) electrons. The molecule has 0 aromatic heterocycles. The van der Waals surface area contributed by atoms with Crippen molar-refractivity contribution in [1.82, 2.24) is 5.32 Å². The van der Waals surface area contributed by atoms with E-state index in [1.165, 1.54) is 35.7 Å². The van der Waals surface area contributed by atoms with Gasteiger partial charge < -0.3 is 5.32 Å². The van der Waals surface area contributed by atoms with Crippen molar-refractivity contribution in [3.63, 3.8) is 0 Å². The minimum Gasteiger partial charge on any atom is -0.316 e. The Kier molecular flexibility index (Phi) is 9.26. The lowest BCUT2D eigenvalue weighted by Crippen LogP contribution is -2.28. The van der Waals surface area contributed by atoms with Crippen LogP contribution in [0.3, 0.4) is 0 Å². The molecule has 21 heavy (non-hydrogen) atoms. The van der Waals surface area contributed by atoms with E-state index in [0.29, 0.717) is 0 Å². The van der Waals surface area contributed by atoms with Gasteiger partial charge in [-0.1, -0.05) is 68.6 Å². The van der Waals surface area contributed by atoms with Crippen molar-refractivity contribution in [1.29, 1.82) is 0 Å². The summed E-state index contributed by atoms with van der Waals surface area (Å²) in [5.74, 6) is 2.34. The molecule has 0 bridgehead atoms. The molecule has 0 aliphatic carbocycles. The highest BCUT2D eigenvalue weighted by Crippen LogP contribution is 2.22. The summed E-state index contributed by atoms with van der Waals surface area (Å²) in [6.07, 6.45) is 5.14. The summed E-state index contributed by atoms with van der Waals surface area (Å²) in [6, 6.07) is 8.83. The van der Waals surface area contributed by atoms with E-state index in [-0.39, 0.29) is 0 Å². The maximum absolute atomic E-state index is 3.66. The van der Waals surface area contributed by atoms with Crippen molar-refractivity contribution in [2.24, 2.45) is 17.8 Å². The first-order valence-corrected chi connectivity index (χ1v) is 9.29. The van der Waals surface area contributed by atoms with Crippen molar-refractivity contribution < 1.29 is 0 Å². The highest BCUT2D eigenvalue weighted by molar-refractivity contribution is 9.10. The van der Waals surface area contributed by atoms with Crippen LogP contribution in [0.25, 0.3) is 0 Å². The molecule has 1 N–H and O–H groups in total. The Balaban J connectivity index is 2.59. The molecule has 0 saturated carbocycles. The molecule has 0 saturated heterocycles. The second-order valence-corrected chi connectivity index (χ2v) is 7.58. The van der Waals surface area contributed by atoms with Crippen molar-refractivity contribution in [2.45, 2.75) is 53.4 Å². The highest BCUT2D eigenvalue weighted by Gasteiger charge is 2.15. The zero-order valence-electron chi connectivity index (χ0n) is 14.2. The van der Waals surface area contributed by atoms with E-state index in [1.54, 1.807) is 0 Å². The monoisotopic (exact) mass is 353 g/mol. The van der Waals surface area contributed by atoms with Gasteiger partial charge in [0.25, 0.3) is 0 Å². The zero-order valence-corrected chi connectivity index (χ0v) is 15.7. The molecule has 0 aliphatic rings. The maximum atomic E-state index is 3.66. The van der Waals surface area contributed by atoms with Gasteiger partial charge in [-0.3, -0.25) is 0 Å². The van der Waals surface area contributed by atoms with E-state index in [9.17, 15) is 0 Å². The Bertz CT molecular complexity index is 368. The molecule has 1 atom stereocenters. The second kappa shape index (κ2) is 10.4. The number of halogens is 1. The Hall–Kier alpha value is -0.340. The second-order valence-electron chi connectivity index (χ2n) is 6.67. The van der Waals surface area contributed by atoms with Crippen LogP contribution in [0.1, 0.15) is 52.5 Å². The topological polar surface area (TPSA) is 12.0 Å². The summed E-state index contributed by atoms with van der Waals surface area (Å²) in [4.78, 5) is 0. The summed E-state index contributed by atoms with van der Waals surface area (Å²) >= 11 is 3.52. The fraction of sp³-hybridized carbons (Fsp3) is 0.684. The third-order valence-electron chi connectivity index (χ3n) is 4.24. The molecular formula is C19H32BrN. The predicted octanol–water partition coefficient (Wildman–Crippen LogP) is 5.68. The third kappa shape index (κ3) is 8.01. The number of hydrogen-bond acceptors (Lipinski definition) is 1. The summed E-state index contributed by atoms with van der Waals surface area (Å²) in [5.41, 5.74) is 1.46. The van der Waals surface area contributed by atoms with E-state index in [4.69, 9.17) is 0 Å². The summed E-state index contributed by atoms with van der Waals surface area (Å²) in [7, 11) is 0. The van der Waals surface area contributed by atoms with Gasteiger partial charge in [-0.15, -0.1) is 0 Å². The lowest BCUT2D eigenvalue weighted by molar-refractivity contribution is 0.333. The molecule has 1 unspecified atom stereocenters. The summed E-state index contributed by atoms with van der Waals surface area (Å²) in [6.45, 7) is 11.5. The van der Waals surface area contributed by atoms with Crippen LogP contribution in [0.5, 0.6) is 0 Å². The Morgan fingerprint density at radius 1 is 0.952 bits per heavy atom. The van der Waals surface area contributed by atoms with Crippen LogP contribution < -0.4 is 5.32 Å². The standard InChI is InChI=1S/C19H32BrN/c1-5-16(6-2)11-18(14-21-13-15(3)4)12-17-7-9-19(20)10-8-17/h7-10,15-16,18,21H,5-6,11-14H2,1-4H3. The largest absolute Gasteiger partial charge is 0.316 e. The van der Waals surface area contributed by atoms with Crippen LogP contribution in [-0.4, -0.2) is 13.1 Å². The number of nitrogens with one attached hydrogen (secondary N) is 1. The van der Waals surface area contributed by atoms with Crippen LogP contribution in [-0.2, 0) is 6.42 Å². The lowest BCUT2D eigenvalue weighted by atomic mass is 9.86. The van der Waals surface area contributed by atoms with Gasteiger partial charge in [0.05, 0.1) is 0 Å². The zero-order chi connectivity index (χ0) is 15.7. The van der Waals surface area contributed by atoms with Crippen LogP contribution in [0.15, 0.2) is 28.7 Å². The maximum Gasteiger partial charge on any atom is 0.0175 e. The Morgan fingerprint density at radius 2 is 1.57 bits per heavy atom. The predicted molar refractivity (Wildman–Crippen MR) is 97.7 cm³/mol. The molecular weight excluding hydrogens is 322 g/mol. The molecule has 0 fully saturated rings. The first-order valence-electron chi connectivity index (χ1n) is 8.50. The van der Waals surface area contributed by atoms with Gasteiger partial charge in [-0.25, -0.2) is 0 Å². The number of rotatable bonds is 10. The molecule has 0 amide bonds. The van der Waals surface area contributed by atoms with Crippen molar-refractivity contribution >= 4 is 15.9 Å². The molecule has 1 rings (SSSR count). The first-order chi connectivity index (χ1) is 10.0. The van der Waals surface area contributed by atoms with E-state index in [1.807, 2.05) is 0 Å². The van der Waals surface area contributed by atoms with Crippen molar-refractivity contribution in [3.8, 4) is 0 Å². The summed E-state index contributed by atoms with van der Waals surface area (Å²) in [5, 5.41) is 3.66. The number of hydrogen-bond donors (Lipinski definition) is 1. The van der Waals surface area contributed by atoms with Gasteiger partial charge in [-0.05, 0) is 61.4 Å². The Morgan fingerprint density at radius 3 is 2.10 bits per heavy atom. The van der Waals surface area contributed by atoms with E-state index >= 15 is 0 Å². The third-order valence-corrected chi connectivity index (χ3v) is 4.77. The normalized spacial score (nSPS) is 13.1. The molecule has 1 aromatic rings. The SMILES string of the molecule is CCC(CC)CC(CNCC(C)C)Cc1ccc(Br)cc1. The van der Waals surface area contributed by atoms with Gasteiger partial charge in [0.1, 0.15) is 0 Å².